The minimum Gasteiger partial charge on any atom is -0.457 e. The molecule has 0 bridgehead atoms. The highest BCUT2D eigenvalue weighted by Crippen LogP contribution is 2.39. The van der Waals surface area contributed by atoms with Gasteiger partial charge in [-0.15, -0.1) is 11.8 Å². The maximum Gasteiger partial charge on any atom is 0.303 e. The van der Waals surface area contributed by atoms with Gasteiger partial charge < -0.3 is 9.47 Å². The molecule has 0 radical (unpaired) electrons. The quantitative estimate of drug-likeness (QED) is 0.482. The van der Waals surface area contributed by atoms with E-state index in [-0.39, 0.29) is 24.1 Å². The first-order valence-electron chi connectivity index (χ1n) is 7.61. The highest BCUT2D eigenvalue weighted by atomic mass is 32.2. The zero-order chi connectivity index (χ0) is 16.6. The molecule has 1 aliphatic heterocycles. The van der Waals surface area contributed by atoms with Crippen LogP contribution in [0.15, 0.2) is 17.7 Å². The Balaban J connectivity index is 2.03. The lowest BCUT2D eigenvalue weighted by Crippen LogP contribution is -2.29. The summed E-state index contributed by atoms with van der Waals surface area (Å²) >= 11 is 1.52. The second-order valence-electron chi connectivity index (χ2n) is 5.61. The monoisotopic (exact) mass is 336 g/mol. The number of aromatic nitrogens is 4. The van der Waals surface area contributed by atoms with Crippen LogP contribution in [0, 0.1) is 5.92 Å². The number of carbonyl (C=O) groups excluding carboxylic acids is 1. The van der Waals surface area contributed by atoms with E-state index in [0.717, 1.165) is 17.0 Å². The van der Waals surface area contributed by atoms with E-state index in [9.17, 15) is 4.79 Å². The zero-order valence-electron chi connectivity index (χ0n) is 13.6. The van der Waals surface area contributed by atoms with Crippen LogP contribution in [0.1, 0.15) is 33.4 Å². The fourth-order valence-corrected chi connectivity index (χ4v) is 3.56. The van der Waals surface area contributed by atoms with Gasteiger partial charge >= 0.3 is 5.97 Å². The molecule has 2 aromatic heterocycles. The second-order valence-corrected chi connectivity index (χ2v) is 6.41. The summed E-state index contributed by atoms with van der Waals surface area (Å²) in [6.45, 7) is 5.53. The van der Waals surface area contributed by atoms with Crippen molar-refractivity contribution in [2.75, 3.05) is 6.26 Å². The van der Waals surface area contributed by atoms with Crippen molar-refractivity contribution in [1.29, 1.82) is 0 Å². The molecule has 4 atom stereocenters. The molecule has 1 saturated heterocycles. The first-order chi connectivity index (χ1) is 11.1. The van der Waals surface area contributed by atoms with Crippen molar-refractivity contribution in [1.82, 2.24) is 19.5 Å². The number of imidazole rings is 1. The predicted molar refractivity (Wildman–Crippen MR) is 86.0 cm³/mol. The Morgan fingerprint density at radius 3 is 2.87 bits per heavy atom. The maximum absolute atomic E-state index is 11.5. The summed E-state index contributed by atoms with van der Waals surface area (Å²) in [6, 6.07) is 0. The highest BCUT2D eigenvalue weighted by Gasteiger charge is 2.44. The van der Waals surface area contributed by atoms with Crippen LogP contribution in [-0.2, 0) is 14.3 Å². The molecule has 7 nitrogen and oxygen atoms in total. The molecule has 3 heterocycles. The molecular weight excluding hydrogens is 316 g/mol. The number of fused-ring (bicyclic) bond motifs is 1. The largest absolute Gasteiger partial charge is 0.457 e. The Morgan fingerprint density at radius 1 is 1.43 bits per heavy atom. The van der Waals surface area contributed by atoms with Crippen LogP contribution in [0.2, 0.25) is 0 Å². The van der Waals surface area contributed by atoms with Gasteiger partial charge in [0.2, 0.25) is 0 Å². The highest BCUT2D eigenvalue weighted by molar-refractivity contribution is 7.98. The second kappa shape index (κ2) is 6.45. The molecule has 1 aliphatic rings. The van der Waals surface area contributed by atoms with Crippen molar-refractivity contribution in [3.05, 3.63) is 12.7 Å². The lowest BCUT2D eigenvalue weighted by molar-refractivity contribution is -0.153. The van der Waals surface area contributed by atoms with E-state index in [2.05, 4.69) is 21.9 Å². The van der Waals surface area contributed by atoms with Crippen LogP contribution in [-0.4, -0.2) is 44.0 Å². The van der Waals surface area contributed by atoms with E-state index < -0.39 is 6.23 Å². The molecule has 8 heteroatoms. The van der Waals surface area contributed by atoms with Crippen molar-refractivity contribution < 1.29 is 14.3 Å². The van der Waals surface area contributed by atoms with E-state index in [1.165, 1.54) is 25.0 Å². The number of esters is 1. The Labute approximate surface area is 138 Å². The van der Waals surface area contributed by atoms with Crippen molar-refractivity contribution in [3.63, 3.8) is 0 Å². The summed E-state index contributed by atoms with van der Waals surface area (Å²) in [7, 11) is 0. The molecule has 0 saturated carbocycles. The molecule has 0 aliphatic carbocycles. The first-order valence-corrected chi connectivity index (χ1v) is 8.83. The Morgan fingerprint density at radius 2 is 2.22 bits per heavy atom. The lowest BCUT2D eigenvalue weighted by Gasteiger charge is -2.21. The minimum atomic E-state index is -0.423. The molecule has 0 aromatic carbocycles. The van der Waals surface area contributed by atoms with Gasteiger partial charge in [-0.25, -0.2) is 15.0 Å². The Kier molecular flexibility index (Phi) is 4.54. The normalized spacial score (nSPS) is 27.5. The number of hydrogen-bond acceptors (Lipinski definition) is 7. The molecule has 1 unspecified atom stereocenters. The molecule has 0 N–H and O–H groups in total. The predicted octanol–water partition coefficient (Wildman–Crippen LogP) is 2.42. The van der Waals surface area contributed by atoms with Crippen LogP contribution < -0.4 is 0 Å². The summed E-state index contributed by atoms with van der Waals surface area (Å²) in [5.74, 6) is -0.204. The smallest absolute Gasteiger partial charge is 0.303 e. The average Bonchev–Trinajstić information content (AvgIpc) is 3.09. The number of carbonyl (C=O) groups is 1. The van der Waals surface area contributed by atoms with Gasteiger partial charge in [-0.05, 0) is 12.7 Å². The van der Waals surface area contributed by atoms with Crippen LogP contribution in [0.5, 0.6) is 0 Å². The topological polar surface area (TPSA) is 79.1 Å². The van der Waals surface area contributed by atoms with E-state index in [1.807, 2.05) is 17.7 Å². The number of hydrogen-bond donors (Lipinski definition) is 0. The molecule has 0 amide bonds. The SMILES string of the molecule is CC[C@H]1O[C@@H](n2cnc3c(SC)ncnc32)[C@@H](OC(C)=O)C1C. The van der Waals surface area contributed by atoms with E-state index >= 15 is 0 Å². The molecule has 2 aromatic rings. The van der Waals surface area contributed by atoms with Gasteiger partial charge in [0.1, 0.15) is 16.9 Å². The third kappa shape index (κ3) is 2.81. The Bertz CT molecular complexity index is 720. The minimum absolute atomic E-state index is 0.0312. The van der Waals surface area contributed by atoms with Gasteiger partial charge in [0, 0.05) is 12.8 Å². The average molecular weight is 336 g/mol. The van der Waals surface area contributed by atoms with Crippen molar-refractivity contribution >= 4 is 28.9 Å². The summed E-state index contributed by atoms with van der Waals surface area (Å²) in [4.78, 5) is 24.5. The van der Waals surface area contributed by atoms with Gasteiger partial charge in [0.05, 0.1) is 12.4 Å². The van der Waals surface area contributed by atoms with Crippen molar-refractivity contribution in [2.24, 2.45) is 5.92 Å². The number of nitrogens with zero attached hydrogens (tertiary/aromatic N) is 4. The lowest BCUT2D eigenvalue weighted by atomic mass is 9.98. The van der Waals surface area contributed by atoms with Crippen molar-refractivity contribution in [3.8, 4) is 0 Å². The first kappa shape index (κ1) is 16.2. The third-order valence-corrected chi connectivity index (χ3v) is 4.88. The van der Waals surface area contributed by atoms with Gasteiger partial charge in [0.25, 0.3) is 0 Å². The number of rotatable bonds is 4. The summed E-state index contributed by atoms with van der Waals surface area (Å²) < 4.78 is 13.5. The summed E-state index contributed by atoms with van der Waals surface area (Å²) in [5.41, 5.74) is 1.42. The fraction of sp³-hybridized carbons (Fsp3) is 0.600. The third-order valence-electron chi connectivity index (χ3n) is 4.20. The van der Waals surface area contributed by atoms with E-state index in [0.29, 0.717) is 5.65 Å². The molecule has 124 valence electrons. The zero-order valence-corrected chi connectivity index (χ0v) is 14.4. The molecule has 1 fully saturated rings. The maximum atomic E-state index is 11.5. The number of ether oxygens (including phenoxy) is 2. The van der Waals surface area contributed by atoms with Crippen LogP contribution in [0.25, 0.3) is 11.2 Å². The summed E-state index contributed by atoms with van der Waals surface area (Å²) in [6.07, 6.45) is 5.25. The van der Waals surface area contributed by atoms with Gasteiger partial charge in [0.15, 0.2) is 18.0 Å². The van der Waals surface area contributed by atoms with Gasteiger partial charge in [-0.2, -0.15) is 0 Å². The standard InChI is InChI=1S/C15H20N4O3S/c1-5-10-8(2)12(21-9(3)20)15(22-10)19-7-18-11-13(19)16-6-17-14(11)23-4/h6-8,10,12,15H,5H2,1-4H3/t8?,10-,12+,15-/m1/s1. The summed E-state index contributed by atoms with van der Waals surface area (Å²) in [5, 5.41) is 0.816. The van der Waals surface area contributed by atoms with Crippen LogP contribution in [0.3, 0.4) is 0 Å². The van der Waals surface area contributed by atoms with Gasteiger partial charge in [-0.3, -0.25) is 9.36 Å². The Hall–Kier alpha value is -1.67. The van der Waals surface area contributed by atoms with Crippen LogP contribution >= 0.6 is 11.8 Å². The molecule has 23 heavy (non-hydrogen) atoms. The number of thioether (sulfide) groups is 1. The van der Waals surface area contributed by atoms with E-state index in [1.54, 1.807) is 6.33 Å². The van der Waals surface area contributed by atoms with E-state index in [4.69, 9.17) is 9.47 Å². The molecule has 0 spiro atoms. The van der Waals surface area contributed by atoms with Crippen molar-refractivity contribution in [2.45, 2.75) is 50.7 Å². The van der Waals surface area contributed by atoms with Crippen LogP contribution in [0.4, 0.5) is 0 Å². The molecular formula is C15H20N4O3S. The van der Waals surface area contributed by atoms with Gasteiger partial charge in [-0.1, -0.05) is 13.8 Å². The molecule has 3 rings (SSSR count). The fourth-order valence-electron chi connectivity index (χ4n) is 3.07.